The molecule has 0 aromatic heterocycles. The summed E-state index contributed by atoms with van der Waals surface area (Å²) in [7, 11) is 0. The normalized spacial score (nSPS) is 10.6. The van der Waals surface area contributed by atoms with Crippen LogP contribution in [0.2, 0.25) is 0 Å². The second kappa shape index (κ2) is 12.1. The molecule has 186 valence electrons. The Morgan fingerprint density at radius 3 is 2.47 bits per heavy atom. The van der Waals surface area contributed by atoms with Crippen molar-refractivity contribution in [2.24, 2.45) is 5.10 Å². The SMILES string of the molecule is CCOc1cc(/C=N/NC(=O)c2ccc([N+](=O)[O-])cc2)ccc1OCC(=O)Nc1cccc(C)c1C. The van der Waals surface area contributed by atoms with Crippen LogP contribution in [0.1, 0.15) is 34.0 Å². The predicted molar refractivity (Wildman–Crippen MR) is 136 cm³/mol. The van der Waals surface area contributed by atoms with Crippen LogP contribution >= 0.6 is 0 Å². The number of rotatable bonds is 10. The van der Waals surface area contributed by atoms with Crippen molar-refractivity contribution in [1.29, 1.82) is 0 Å². The Morgan fingerprint density at radius 1 is 1.03 bits per heavy atom. The fraction of sp³-hybridized carbons (Fsp3) is 0.192. The van der Waals surface area contributed by atoms with E-state index in [4.69, 9.17) is 9.47 Å². The summed E-state index contributed by atoms with van der Waals surface area (Å²) in [5.74, 6) is -0.00514. The third-order valence-electron chi connectivity index (χ3n) is 5.23. The quantitative estimate of drug-likeness (QED) is 0.246. The van der Waals surface area contributed by atoms with Gasteiger partial charge in [0.25, 0.3) is 17.5 Å². The van der Waals surface area contributed by atoms with Gasteiger partial charge in [0.1, 0.15) is 0 Å². The van der Waals surface area contributed by atoms with Gasteiger partial charge in [0.15, 0.2) is 18.1 Å². The molecule has 10 nitrogen and oxygen atoms in total. The lowest BCUT2D eigenvalue weighted by Crippen LogP contribution is -2.21. The van der Waals surface area contributed by atoms with Crippen LogP contribution in [-0.2, 0) is 4.79 Å². The summed E-state index contributed by atoms with van der Waals surface area (Å²) in [5, 5.41) is 17.5. The van der Waals surface area contributed by atoms with E-state index in [2.05, 4.69) is 15.8 Å². The van der Waals surface area contributed by atoms with Gasteiger partial charge < -0.3 is 14.8 Å². The smallest absolute Gasteiger partial charge is 0.271 e. The number of anilines is 1. The van der Waals surface area contributed by atoms with Crippen LogP contribution in [0.3, 0.4) is 0 Å². The van der Waals surface area contributed by atoms with Gasteiger partial charge in [0.05, 0.1) is 17.7 Å². The number of hydrogen-bond donors (Lipinski definition) is 2. The van der Waals surface area contributed by atoms with Gasteiger partial charge in [-0.25, -0.2) is 5.43 Å². The van der Waals surface area contributed by atoms with E-state index in [9.17, 15) is 19.7 Å². The van der Waals surface area contributed by atoms with Gasteiger partial charge in [-0.3, -0.25) is 19.7 Å². The number of hydrogen-bond acceptors (Lipinski definition) is 7. The molecule has 0 aliphatic heterocycles. The standard InChI is InChI=1S/C26H26N4O6/c1-4-35-24-14-19(15-27-29-26(32)20-9-11-21(12-10-20)30(33)34)8-13-23(24)36-16-25(31)28-22-7-5-6-17(2)18(22)3/h5-15H,4,16H2,1-3H3,(H,28,31)(H,29,32)/b27-15+. The average Bonchev–Trinajstić information content (AvgIpc) is 2.86. The van der Waals surface area contributed by atoms with Crippen LogP contribution in [0.15, 0.2) is 65.8 Å². The number of benzene rings is 3. The molecule has 0 aliphatic rings. The molecule has 0 spiro atoms. The molecule has 0 saturated heterocycles. The van der Waals surface area contributed by atoms with E-state index >= 15 is 0 Å². The van der Waals surface area contributed by atoms with Gasteiger partial charge in [-0.05, 0) is 73.9 Å². The number of carbonyl (C=O) groups excluding carboxylic acids is 2. The lowest BCUT2D eigenvalue weighted by atomic mass is 10.1. The Balaban J connectivity index is 1.60. The first kappa shape index (κ1) is 25.9. The summed E-state index contributed by atoms with van der Waals surface area (Å²) >= 11 is 0. The molecule has 2 N–H and O–H groups in total. The Kier molecular flexibility index (Phi) is 8.71. The van der Waals surface area contributed by atoms with Gasteiger partial charge in [0, 0.05) is 23.4 Å². The first-order valence-electron chi connectivity index (χ1n) is 11.1. The molecule has 3 aromatic rings. The highest BCUT2D eigenvalue weighted by molar-refractivity contribution is 5.95. The zero-order chi connectivity index (χ0) is 26.1. The average molecular weight is 491 g/mol. The minimum atomic E-state index is -0.541. The Hall–Kier alpha value is -4.73. The van der Waals surface area contributed by atoms with Crippen molar-refractivity contribution >= 4 is 29.4 Å². The zero-order valence-electron chi connectivity index (χ0n) is 20.1. The molecular formula is C26H26N4O6. The first-order valence-corrected chi connectivity index (χ1v) is 11.1. The largest absolute Gasteiger partial charge is 0.490 e. The van der Waals surface area contributed by atoms with Gasteiger partial charge in [-0.15, -0.1) is 0 Å². The Labute approximate surface area is 208 Å². The van der Waals surface area contributed by atoms with E-state index in [0.717, 1.165) is 16.8 Å². The zero-order valence-corrected chi connectivity index (χ0v) is 20.1. The third kappa shape index (κ3) is 6.89. The topological polar surface area (TPSA) is 132 Å². The molecule has 0 aliphatic carbocycles. The van der Waals surface area contributed by atoms with Gasteiger partial charge in [-0.2, -0.15) is 5.10 Å². The first-order chi connectivity index (χ1) is 17.3. The second-order valence-electron chi connectivity index (χ2n) is 7.73. The molecule has 0 saturated carbocycles. The predicted octanol–water partition coefficient (Wildman–Crippen LogP) is 4.39. The van der Waals surface area contributed by atoms with E-state index in [1.807, 2.05) is 39.0 Å². The summed E-state index contributed by atoms with van der Waals surface area (Å²) in [6.07, 6.45) is 1.42. The number of carbonyl (C=O) groups is 2. The number of nitro benzene ring substituents is 1. The minimum Gasteiger partial charge on any atom is -0.490 e. The molecular weight excluding hydrogens is 464 g/mol. The van der Waals surface area contributed by atoms with Crippen molar-refractivity contribution in [2.75, 3.05) is 18.5 Å². The number of nitrogens with one attached hydrogen (secondary N) is 2. The van der Waals surface area contributed by atoms with Crippen LogP contribution in [0.5, 0.6) is 11.5 Å². The van der Waals surface area contributed by atoms with Crippen LogP contribution in [0.4, 0.5) is 11.4 Å². The molecule has 0 bridgehead atoms. The number of nitrogens with zero attached hydrogens (tertiary/aromatic N) is 2. The maximum atomic E-state index is 12.4. The molecule has 0 unspecified atom stereocenters. The fourth-order valence-corrected chi connectivity index (χ4v) is 3.17. The van der Waals surface area contributed by atoms with E-state index in [-0.39, 0.29) is 23.8 Å². The van der Waals surface area contributed by atoms with Crippen LogP contribution in [-0.4, -0.2) is 36.2 Å². The maximum Gasteiger partial charge on any atom is 0.271 e. The molecule has 0 radical (unpaired) electrons. The number of non-ortho nitro benzene ring substituents is 1. The van der Waals surface area contributed by atoms with Crippen LogP contribution < -0.4 is 20.2 Å². The lowest BCUT2D eigenvalue weighted by molar-refractivity contribution is -0.384. The molecule has 10 heteroatoms. The monoisotopic (exact) mass is 490 g/mol. The van der Waals surface area contributed by atoms with E-state index < -0.39 is 10.8 Å². The summed E-state index contributed by atoms with van der Waals surface area (Å²) in [4.78, 5) is 34.8. The lowest BCUT2D eigenvalue weighted by Gasteiger charge is -2.14. The molecule has 0 heterocycles. The molecule has 3 rings (SSSR count). The highest BCUT2D eigenvalue weighted by Gasteiger charge is 2.11. The van der Waals surface area contributed by atoms with E-state index in [0.29, 0.717) is 23.7 Å². The van der Waals surface area contributed by atoms with Crippen molar-refractivity contribution in [2.45, 2.75) is 20.8 Å². The van der Waals surface area contributed by atoms with Crippen molar-refractivity contribution in [3.8, 4) is 11.5 Å². The molecule has 0 fully saturated rings. The Bertz CT molecular complexity index is 1290. The van der Waals surface area contributed by atoms with Gasteiger partial charge >= 0.3 is 0 Å². The Morgan fingerprint density at radius 2 is 1.78 bits per heavy atom. The molecule has 2 amide bonds. The van der Waals surface area contributed by atoms with Crippen molar-refractivity contribution < 1.29 is 24.0 Å². The van der Waals surface area contributed by atoms with Crippen molar-refractivity contribution in [3.05, 3.63) is 93.0 Å². The highest BCUT2D eigenvalue weighted by atomic mass is 16.6. The minimum absolute atomic E-state index is 0.108. The molecule has 3 aromatic carbocycles. The highest BCUT2D eigenvalue weighted by Crippen LogP contribution is 2.28. The molecule has 0 atom stereocenters. The summed E-state index contributed by atoms with van der Waals surface area (Å²) in [5.41, 5.74) is 5.91. The number of ether oxygens (including phenoxy) is 2. The van der Waals surface area contributed by atoms with Crippen molar-refractivity contribution in [1.82, 2.24) is 5.43 Å². The summed E-state index contributed by atoms with van der Waals surface area (Å²) in [6.45, 7) is 5.91. The summed E-state index contributed by atoms with van der Waals surface area (Å²) in [6, 6.07) is 15.9. The van der Waals surface area contributed by atoms with Crippen LogP contribution in [0.25, 0.3) is 0 Å². The van der Waals surface area contributed by atoms with Crippen molar-refractivity contribution in [3.63, 3.8) is 0 Å². The number of amides is 2. The summed E-state index contributed by atoms with van der Waals surface area (Å²) < 4.78 is 11.3. The van der Waals surface area contributed by atoms with E-state index in [1.54, 1.807) is 18.2 Å². The third-order valence-corrected chi connectivity index (χ3v) is 5.23. The maximum absolute atomic E-state index is 12.4. The van der Waals surface area contributed by atoms with E-state index in [1.165, 1.54) is 30.5 Å². The molecule has 36 heavy (non-hydrogen) atoms. The van der Waals surface area contributed by atoms with Gasteiger partial charge in [-0.1, -0.05) is 12.1 Å². The fourth-order valence-electron chi connectivity index (χ4n) is 3.17. The number of nitro groups is 1. The number of hydrazone groups is 1. The second-order valence-corrected chi connectivity index (χ2v) is 7.73. The van der Waals surface area contributed by atoms with Gasteiger partial charge in [0.2, 0.25) is 0 Å². The number of aryl methyl sites for hydroxylation is 1. The van der Waals surface area contributed by atoms with Crippen LogP contribution in [0, 0.1) is 24.0 Å².